The van der Waals surface area contributed by atoms with E-state index in [-0.39, 0.29) is 0 Å². The number of nitrogens with zero attached hydrogens (tertiary/aromatic N) is 1. The molecule has 2 saturated heterocycles. The molecule has 3 atom stereocenters. The zero-order chi connectivity index (χ0) is 13.7. The van der Waals surface area contributed by atoms with Crippen LogP contribution in [0.5, 0.6) is 0 Å². The van der Waals surface area contributed by atoms with Gasteiger partial charge in [0.2, 0.25) is 0 Å². The van der Waals surface area contributed by atoms with E-state index < -0.39 is 0 Å². The van der Waals surface area contributed by atoms with Gasteiger partial charge in [0.25, 0.3) is 0 Å². The second-order valence-corrected chi connectivity index (χ2v) is 6.83. The zero-order valence-corrected chi connectivity index (χ0v) is 13.0. The molecule has 2 fully saturated rings. The van der Waals surface area contributed by atoms with Gasteiger partial charge in [-0.15, -0.1) is 0 Å². The highest BCUT2D eigenvalue weighted by molar-refractivity contribution is 4.83. The van der Waals surface area contributed by atoms with Crippen LogP contribution in [-0.4, -0.2) is 50.3 Å². The normalized spacial score (nSPS) is 32.5. The van der Waals surface area contributed by atoms with Gasteiger partial charge >= 0.3 is 0 Å². The van der Waals surface area contributed by atoms with Crippen molar-refractivity contribution >= 4 is 0 Å². The summed E-state index contributed by atoms with van der Waals surface area (Å²) in [6, 6.07) is 0. The molecule has 0 aromatic rings. The molecule has 112 valence electrons. The van der Waals surface area contributed by atoms with E-state index in [1.165, 1.54) is 45.4 Å². The van der Waals surface area contributed by atoms with Gasteiger partial charge in [-0.2, -0.15) is 0 Å². The van der Waals surface area contributed by atoms with Crippen LogP contribution < -0.4 is 5.32 Å². The number of nitrogens with one attached hydrogen (secondary N) is 1. The standard InChI is InChI=1S/C16H32N2O/c1-4-16-15(6-8-19-16)12-18-7-5-14(11-18)10-17-9-13(2)3/h13-17H,4-12H2,1-3H3. The smallest absolute Gasteiger partial charge is 0.0613 e. The summed E-state index contributed by atoms with van der Waals surface area (Å²) >= 11 is 0. The lowest BCUT2D eigenvalue weighted by Gasteiger charge is -2.23. The number of rotatable bonds is 7. The summed E-state index contributed by atoms with van der Waals surface area (Å²) in [4.78, 5) is 2.67. The number of hydrogen-bond acceptors (Lipinski definition) is 3. The maximum Gasteiger partial charge on any atom is 0.0613 e. The molecule has 0 bridgehead atoms. The first kappa shape index (κ1) is 15.3. The predicted molar refractivity (Wildman–Crippen MR) is 80.4 cm³/mol. The molecule has 0 radical (unpaired) electrons. The number of ether oxygens (including phenoxy) is 1. The molecule has 0 aromatic heterocycles. The fourth-order valence-electron chi connectivity index (χ4n) is 3.51. The fourth-order valence-corrected chi connectivity index (χ4v) is 3.51. The molecule has 0 aliphatic carbocycles. The van der Waals surface area contributed by atoms with Gasteiger partial charge in [0, 0.05) is 19.7 Å². The molecular formula is C16H32N2O. The van der Waals surface area contributed by atoms with Crippen molar-refractivity contribution in [3.8, 4) is 0 Å². The second-order valence-electron chi connectivity index (χ2n) is 6.83. The van der Waals surface area contributed by atoms with Gasteiger partial charge in [0.05, 0.1) is 6.10 Å². The highest BCUT2D eigenvalue weighted by atomic mass is 16.5. The van der Waals surface area contributed by atoms with Crippen LogP contribution in [0.2, 0.25) is 0 Å². The Morgan fingerprint density at radius 2 is 2.16 bits per heavy atom. The predicted octanol–water partition coefficient (Wildman–Crippen LogP) is 2.37. The Hall–Kier alpha value is -0.120. The maximum atomic E-state index is 5.80. The molecule has 3 nitrogen and oxygen atoms in total. The molecule has 3 heteroatoms. The molecule has 3 unspecified atom stereocenters. The van der Waals surface area contributed by atoms with Crippen LogP contribution in [0.25, 0.3) is 0 Å². The van der Waals surface area contributed by atoms with Crippen LogP contribution in [0.15, 0.2) is 0 Å². The summed E-state index contributed by atoms with van der Waals surface area (Å²) in [6.45, 7) is 14.0. The van der Waals surface area contributed by atoms with Crippen LogP contribution in [0.3, 0.4) is 0 Å². The molecule has 2 aliphatic heterocycles. The summed E-state index contributed by atoms with van der Waals surface area (Å²) in [5.41, 5.74) is 0. The van der Waals surface area contributed by atoms with Crippen molar-refractivity contribution in [2.45, 2.75) is 46.1 Å². The van der Waals surface area contributed by atoms with E-state index in [2.05, 4.69) is 31.0 Å². The van der Waals surface area contributed by atoms with Crippen molar-refractivity contribution in [2.24, 2.45) is 17.8 Å². The first-order valence-electron chi connectivity index (χ1n) is 8.23. The van der Waals surface area contributed by atoms with Crippen molar-refractivity contribution in [1.29, 1.82) is 0 Å². The average Bonchev–Trinajstić information content (AvgIpc) is 2.98. The number of hydrogen-bond donors (Lipinski definition) is 1. The maximum absolute atomic E-state index is 5.80. The topological polar surface area (TPSA) is 24.5 Å². The van der Waals surface area contributed by atoms with E-state index in [0.29, 0.717) is 6.10 Å². The van der Waals surface area contributed by atoms with Gasteiger partial charge in [-0.3, -0.25) is 0 Å². The minimum Gasteiger partial charge on any atom is -0.378 e. The van der Waals surface area contributed by atoms with Crippen molar-refractivity contribution in [3.63, 3.8) is 0 Å². The van der Waals surface area contributed by atoms with Crippen molar-refractivity contribution in [2.75, 3.05) is 39.3 Å². The molecule has 0 spiro atoms. The largest absolute Gasteiger partial charge is 0.378 e. The third-order valence-corrected chi connectivity index (χ3v) is 4.60. The molecule has 0 amide bonds. The Morgan fingerprint density at radius 1 is 1.32 bits per heavy atom. The van der Waals surface area contributed by atoms with E-state index in [0.717, 1.165) is 30.9 Å². The Labute approximate surface area is 119 Å². The van der Waals surface area contributed by atoms with Gasteiger partial charge in [-0.25, -0.2) is 0 Å². The molecule has 19 heavy (non-hydrogen) atoms. The van der Waals surface area contributed by atoms with E-state index in [1.54, 1.807) is 0 Å². The van der Waals surface area contributed by atoms with Crippen LogP contribution >= 0.6 is 0 Å². The first-order valence-corrected chi connectivity index (χ1v) is 8.23. The minimum atomic E-state index is 0.526. The van der Waals surface area contributed by atoms with Gasteiger partial charge in [0.15, 0.2) is 0 Å². The monoisotopic (exact) mass is 268 g/mol. The Bertz CT molecular complexity index is 257. The third kappa shape index (κ3) is 4.73. The zero-order valence-electron chi connectivity index (χ0n) is 13.0. The van der Waals surface area contributed by atoms with Crippen LogP contribution in [0.4, 0.5) is 0 Å². The highest BCUT2D eigenvalue weighted by Crippen LogP contribution is 2.26. The summed E-state index contributed by atoms with van der Waals surface area (Å²) in [7, 11) is 0. The van der Waals surface area contributed by atoms with Gasteiger partial charge in [-0.05, 0) is 56.7 Å². The lowest BCUT2D eigenvalue weighted by Crippen LogP contribution is -2.33. The van der Waals surface area contributed by atoms with Crippen LogP contribution in [-0.2, 0) is 4.74 Å². The summed E-state index contributed by atoms with van der Waals surface area (Å²) in [6.07, 6.45) is 4.34. The average molecular weight is 268 g/mol. The van der Waals surface area contributed by atoms with Gasteiger partial charge < -0.3 is 15.0 Å². The van der Waals surface area contributed by atoms with Gasteiger partial charge in [0.1, 0.15) is 0 Å². The lowest BCUT2D eigenvalue weighted by atomic mass is 9.99. The summed E-state index contributed by atoms with van der Waals surface area (Å²) < 4.78 is 5.80. The number of likely N-dealkylation sites (tertiary alicyclic amines) is 1. The Morgan fingerprint density at radius 3 is 2.89 bits per heavy atom. The molecule has 0 aromatic carbocycles. The third-order valence-electron chi connectivity index (χ3n) is 4.60. The van der Waals surface area contributed by atoms with E-state index >= 15 is 0 Å². The van der Waals surface area contributed by atoms with Gasteiger partial charge in [-0.1, -0.05) is 20.8 Å². The molecule has 2 aliphatic rings. The Balaban J connectivity index is 1.64. The molecule has 2 rings (SSSR count). The van der Waals surface area contributed by atoms with E-state index in [9.17, 15) is 0 Å². The molecular weight excluding hydrogens is 236 g/mol. The molecule has 0 saturated carbocycles. The van der Waals surface area contributed by atoms with Crippen LogP contribution in [0.1, 0.15) is 40.0 Å². The van der Waals surface area contributed by atoms with E-state index in [1.807, 2.05) is 0 Å². The Kier molecular flexibility index (Phi) is 6.11. The van der Waals surface area contributed by atoms with E-state index in [4.69, 9.17) is 4.74 Å². The van der Waals surface area contributed by atoms with Crippen molar-refractivity contribution in [1.82, 2.24) is 10.2 Å². The summed E-state index contributed by atoms with van der Waals surface area (Å²) in [5.74, 6) is 2.41. The van der Waals surface area contributed by atoms with Crippen molar-refractivity contribution in [3.05, 3.63) is 0 Å². The molecule has 1 N–H and O–H groups in total. The van der Waals surface area contributed by atoms with Crippen LogP contribution in [0, 0.1) is 17.8 Å². The fraction of sp³-hybridized carbons (Fsp3) is 1.00. The second kappa shape index (κ2) is 7.61. The quantitative estimate of drug-likeness (QED) is 0.767. The highest BCUT2D eigenvalue weighted by Gasteiger charge is 2.31. The minimum absolute atomic E-state index is 0.526. The SMILES string of the molecule is CCC1OCCC1CN1CCC(CNCC(C)C)C1. The first-order chi connectivity index (χ1) is 9.19. The van der Waals surface area contributed by atoms with Crippen molar-refractivity contribution < 1.29 is 4.74 Å². The molecule has 2 heterocycles. The summed E-state index contributed by atoms with van der Waals surface area (Å²) in [5, 5.41) is 3.61. The lowest BCUT2D eigenvalue weighted by molar-refractivity contribution is 0.0779.